The van der Waals surface area contributed by atoms with Crippen LogP contribution in [0.15, 0.2) is 66.7 Å². The minimum Gasteiger partial charge on any atom is -0.507 e. The number of nitrogens with zero attached hydrogens (tertiary/aromatic N) is 2. The van der Waals surface area contributed by atoms with E-state index in [9.17, 15) is 18.7 Å². The molecule has 172 valence electrons. The second-order valence-electron chi connectivity index (χ2n) is 8.07. The van der Waals surface area contributed by atoms with Crippen LogP contribution in [0.2, 0.25) is 0 Å². The number of aromatic nitrogens is 2. The predicted molar refractivity (Wildman–Crippen MR) is 122 cm³/mol. The van der Waals surface area contributed by atoms with Gasteiger partial charge in [0.15, 0.2) is 0 Å². The van der Waals surface area contributed by atoms with E-state index >= 15 is 0 Å². The lowest BCUT2D eigenvalue weighted by Crippen LogP contribution is -2.31. The van der Waals surface area contributed by atoms with Crippen molar-refractivity contribution in [2.45, 2.75) is 12.5 Å². The van der Waals surface area contributed by atoms with Crippen molar-refractivity contribution >= 4 is 5.91 Å². The number of aromatic amines is 1. The Morgan fingerprint density at radius 2 is 1.74 bits per heavy atom. The Hall–Kier alpha value is -4.20. The normalized spacial score (nSPS) is 15.0. The van der Waals surface area contributed by atoms with Gasteiger partial charge in [0.25, 0.3) is 5.91 Å². The average molecular weight is 461 g/mol. The first-order chi connectivity index (χ1) is 16.5. The van der Waals surface area contributed by atoms with Crippen LogP contribution in [-0.4, -0.2) is 39.8 Å². The number of nitrogens with one attached hydrogen (secondary N) is 1. The van der Waals surface area contributed by atoms with Crippen molar-refractivity contribution in [1.82, 2.24) is 15.1 Å². The third kappa shape index (κ3) is 3.77. The molecule has 0 saturated heterocycles. The summed E-state index contributed by atoms with van der Waals surface area (Å²) >= 11 is 0. The predicted octanol–water partition coefficient (Wildman–Crippen LogP) is 4.86. The number of rotatable bonds is 6. The van der Waals surface area contributed by atoms with Gasteiger partial charge in [-0.3, -0.25) is 9.89 Å². The number of fused-ring (bicyclic) bond motifs is 1. The number of amides is 1. The number of phenols is 1. The zero-order valence-corrected chi connectivity index (χ0v) is 18.3. The molecular weight excluding hydrogens is 440 g/mol. The summed E-state index contributed by atoms with van der Waals surface area (Å²) in [7, 11) is 1.60. The fourth-order valence-electron chi connectivity index (χ4n) is 4.36. The Morgan fingerprint density at radius 1 is 1.03 bits per heavy atom. The Labute approximate surface area is 194 Å². The zero-order valence-electron chi connectivity index (χ0n) is 18.3. The fraction of sp³-hybridized carbons (Fsp3) is 0.154. The molecule has 1 aliphatic heterocycles. The minimum atomic E-state index is -0.585. The summed E-state index contributed by atoms with van der Waals surface area (Å²) in [5.74, 6) is -0.618. The molecule has 2 heterocycles. The molecule has 4 aromatic rings. The van der Waals surface area contributed by atoms with Gasteiger partial charge in [0.1, 0.15) is 34.5 Å². The number of hydrogen-bond donors (Lipinski definition) is 2. The molecule has 0 bridgehead atoms. The van der Waals surface area contributed by atoms with E-state index in [0.29, 0.717) is 24.1 Å². The van der Waals surface area contributed by atoms with Gasteiger partial charge in [-0.05, 0) is 60.0 Å². The SMILES string of the molecule is COc1ccc(CCN2C(=O)c3[nH]nc(-c4cc(F)ccc4O)c3[C@@H]2c2ccc(F)cc2)cc1. The molecule has 1 aliphatic rings. The molecule has 0 spiro atoms. The lowest BCUT2D eigenvalue weighted by atomic mass is 9.95. The minimum absolute atomic E-state index is 0.155. The third-order valence-electron chi connectivity index (χ3n) is 6.06. The van der Waals surface area contributed by atoms with Gasteiger partial charge in [-0.15, -0.1) is 0 Å². The molecule has 8 heteroatoms. The molecular formula is C26H21F2N3O3. The molecule has 5 rings (SSSR count). The Kier molecular flexibility index (Phi) is 5.49. The first-order valence-corrected chi connectivity index (χ1v) is 10.7. The lowest BCUT2D eigenvalue weighted by Gasteiger charge is -2.26. The van der Waals surface area contributed by atoms with Crippen molar-refractivity contribution in [2.75, 3.05) is 13.7 Å². The van der Waals surface area contributed by atoms with E-state index in [2.05, 4.69) is 10.2 Å². The molecule has 2 N–H and O–H groups in total. The third-order valence-corrected chi connectivity index (χ3v) is 6.06. The van der Waals surface area contributed by atoms with Crippen molar-refractivity contribution in [2.24, 2.45) is 0 Å². The molecule has 0 fully saturated rings. The smallest absolute Gasteiger partial charge is 0.273 e. The molecule has 0 unspecified atom stereocenters. The van der Waals surface area contributed by atoms with Crippen LogP contribution in [0, 0.1) is 11.6 Å². The van der Waals surface area contributed by atoms with Gasteiger partial charge in [0, 0.05) is 17.7 Å². The van der Waals surface area contributed by atoms with Crippen LogP contribution < -0.4 is 4.74 Å². The first kappa shape index (κ1) is 21.6. The van der Waals surface area contributed by atoms with Gasteiger partial charge < -0.3 is 14.7 Å². The zero-order chi connectivity index (χ0) is 23.8. The molecule has 1 aromatic heterocycles. The number of carbonyl (C=O) groups excluding carboxylic acids is 1. The van der Waals surface area contributed by atoms with Gasteiger partial charge in [-0.25, -0.2) is 8.78 Å². The second kappa shape index (κ2) is 8.62. The number of aromatic hydroxyl groups is 1. The highest BCUT2D eigenvalue weighted by Gasteiger charge is 2.42. The van der Waals surface area contributed by atoms with Gasteiger partial charge in [-0.1, -0.05) is 24.3 Å². The van der Waals surface area contributed by atoms with Crippen LogP contribution in [0.3, 0.4) is 0 Å². The van der Waals surface area contributed by atoms with E-state index in [1.165, 1.54) is 24.3 Å². The number of benzene rings is 3. The number of halogens is 2. The number of ether oxygens (including phenoxy) is 1. The quantitative estimate of drug-likeness (QED) is 0.430. The number of methoxy groups -OCH3 is 1. The Balaban J connectivity index is 1.56. The maximum atomic E-state index is 14.0. The summed E-state index contributed by atoms with van der Waals surface area (Å²) in [4.78, 5) is 15.1. The van der Waals surface area contributed by atoms with Crippen LogP contribution in [0.5, 0.6) is 11.5 Å². The van der Waals surface area contributed by atoms with Gasteiger partial charge in [0.05, 0.1) is 13.2 Å². The summed E-state index contributed by atoms with van der Waals surface area (Å²) in [6.45, 7) is 0.379. The van der Waals surface area contributed by atoms with E-state index in [4.69, 9.17) is 4.74 Å². The van der Waals surface area contributed by atoms with Crippen molar-refractivity contribution in [3.8, 4) is 22.8 Å². The summed E-state index contributed by atoms with van der Waals surface area (Å²) in [5, 5.41) is 17.4. The van der Waals surface area contributed by atoms with Crippen LogP contribution >= 0.6 is 0 Å². The molecule has 1 amide bonds. The van der Waals surface area contributed by atoms with Crippen LogP contribution in [-0.2, 0) is 6.42 Å². The van der Waals surface area contributed by atoms with Crippen molar-refractivity contribution in [3.05, 3.63) is 101 Å². The Bertz CT molecular complexity index is 1350. The van der Waals surface area contributed by atoms with Gasteiger partial charge >= 0.3 is 0 Å². The molecule has 6 nitrogen and oxygen atoms in total. The largest absolute Gasteiger partial charge is 0.507 e. The summed E-state index contributed by atoms with van der Waals surface area (Å²) < 4.78 is 32.9. The highest BCUT2D eigenvalue weighted by molar-refractivity contribution is 6.00. The topological polar surface area (TPSA) is 78.5 Å². The van der Waals surface area contributed by atoms with Gasteiger partial charge in [0.2, 0.25) is 0 Å². The number of carbonyl (C=O) groups is 1. The molecule has 0 saturated carbocycles. The fourth-order valence-corrected chi connectivity index (χ4v) is 4.36. The number of H-pyrrole nitrogens is 1. The van der Waals surface area contributed by atoms with Crippen molar-refractivity contribution in [1.29, 1.82) is 0 Å². The van der Waals surface area contributed by atoms with Crippen molar-refractivity contribution < 1.29 is 23.4 Å². The molecule has 3 aromatic carbocycles. The van der Waals surface area contributed by atoms with E-state index in [1.54, 1.807) is 24.1 Å². The van der Waals surface area contributed by atoms with Crippen LogP contribution in [0.1, 0.15) is 33.2 Å². The van der Waals surface area contributed by atoms with E-state index in [-0.39, 0.29) is 28.6 Å². The van der Waals surface area contributed by atoms with Crippen LogP contribution in [0.25, 0.3) is 11.3 Å². The summed E-state index contributed by atoms with van der Waals surface area (Å²) in [5.41, 5.74) is 2.94. The monoisotopic (exact) mass is 461 g/mol. The van der Waals surface area contributed by atoms with E-state index in [0.717, 1.165) is 17.4 Å². The molecule has 34 heavy (non-hydrogen) atoms. The highest BCUT2D eigenvalue weighted by atomic mass is 19.1. The van der Waals surface area contributed by atoms with E-state index < -0.39 is 17.7 Å². The number of hydrogen-bond acceptors (Lipinski definition) is 4. The second-order valence-corrected chi connectivity index (χ2v) is 8.07. The Morgan fingerprint density at radius 3 is 2.44 bits per heavy atom. The van der Waals surface area contributed by atoms with Gasteiger partial charge in [-0.2, -0.15) is 5.10 Å². The lowest BCUT2D eigenvalue weighted by molar-refractivity contribution is 0.0746. The standard InChI is InChI=1S/C26H21F2N3O3/c1-34-19-9-2-15(3-10-19)12-13-31-25(16-4-6-17(27)7-5-16)22-23(29-30-24(22)26(31)33)20-14-18(28)8-11-21(20)32/h2-11,14,25,32H,12-13H2,1H3,(H,29,30)/t25-/m0/s1. The number of phenolic OH excluding ortho intramolecular Hbond substituents is 1. The van der Waals surface area contributed by atoms with Crippen LogP contribution in [0.4, 0.5) is 8.78 Å². The first-order valence-electron chi connectivity index (χ1n) is 10.7. The maximum Gasteiger partial charge on any atom is 0.273 e. The molecule has 0 radical (unpaired) electrons. The maximum absolute atomic E-state index is 14.0. The van der Waals surface area contributed by atoms with Crippen molar-refractivity contribution in [3.63, 3.8) is 0 Å². The average Bonchev–Trinajstić information content (AvgIpc) is 3.39. The molecule has 1 atom stereocenters. The summed E-state index contributed by atoms with van der Waals surface area (Å²) in [6, 6.07) is 16.5. The van der Waals surface area contributed by atoms with E-state index in [1.807, 2.05) is 24.3 Å². The summed E-state index contributed by atoms with van der Waals surface area (Å²) in [6.07, 6.45) is 0.575. The highest BCUT2D eigenvalue weighted by Crippen LogP contribution is 2.44. The molecule has 0 aliphatic carbocycles.